The van der Waals surface area contributed by atoms with E-state index >= 15 is 0 Å². The number of nitrogens with zero attached hydrogens (tertiary/aromatic N) is 5. The van der Waals surface area contributed by atoms with Gasteiger partial charge in [0.2, 0.25) is 0 Å². The lowest BCUT2D eigenvalue weighted by Gasteiger charge is -2.12. The predicted molar refractivity (Wildman–Crippen MR) is 150 cm³/mol. The quantitative estimate of drug-likeness (QED) is 0.199. The van der Waals surface area contributed by atoms with Crippen LogP contribution in [-0.2, 0) is 6.54 Å². The number of benzene rings is 4. The molecular formula is C30H29N5. The summed E-state index contributed by atoms with van der Waals surface area (Å²) in [4.78, 5) is 0. The van der Waals surface area contributed by atoms with Crippen molar-refractivity contribution in [2.45, 2.75) is 13.5 Å². The molecule has 174 valence electrons. The minimum Gasteiger partial charge on any atom is -0.341 e. The Bertz CT molecular complexity index is 1390. The fraction of sp³-hybridized carbons (Fsp3) is 0.133. The predicted octanol–water partition coefficient (Wildman–Crippen LogP) is 6.76. The molecule has 4 aromatic carbocycles. The van der Waals surface area contributed by atoms with Gasteiger partial charge in [0, 0.05) is 42.4 Å². The van der Waals surface area contributed by atoms with Crippen LogP contribution >= 0.6 is 0 Å². The van der Waals surface area contributed by atoms with Crippen molar-refractivity contribution in [3.8, 4) is 0 Å². The molecule has 0 amide bonds. The molecule has 0 radical (unpaired) electrons. The number of fused-ring (bicyclic) bond motifs is 3. The van der Waals surface area contributed by atoms with E-state index in [1.165, 1.54) is 21.8 Å². The van der Waals surface area contributed by atoms with Crippen molar-refractivity contribution in [2.24, 2.45) is 10.2 Å². The van der Waals surface area contributed by atoms with Crippen LogP contribution in [0.2, 0.25) is 0 Å². The van der Waals surface area contributed by atoms with Crippen LogP contribution in [0, 0.1) is 0 Å². The topological polar surface area (TPSA) is 36.1 Å². The molecule has 0 fully saturated rings. The van der Waals surface area contributed by atoms with Gasteiger partial charge in [-0.05, 0) is 66.6 Å². The van der Waals surface area contributed by atoms with Crippen LogP contribution in [0.1, 0.15) is 18.1 Å². The number of para-hydroxylation sites is 2. The van der Waals surface area contributed by atoms with Gasteiger partial charge in [-0.2, -0.15) is 10.2 Å². The van der Waals surface area contributed by atoms with E-state index in [1.807, 2.05) is 97.2 Å². The van der Waals surface area contributed by atoms with Crippen molar-refractivity contribution in [3.63, 3.8) is 0 Å². The Hall–Kier alpha value is -4.38. The Balaban J connectivity index is 1.49. The first-order valence-electron chi connectivity index (χ1n) is 11.9. The molecule has 0 saturated carbocycles. The summed E-state index contributed by atoms with van der Waals surface area (Å²) in [6, 6.07) is 33.4. The Morgan fingerprint density at radius 1 is 0.629 bits per heavy atom. The van der Waals surface area contributed by atoms with E-state index in [0.29, 0.717) is 0 Å². The third-order valence-electron chi connectivity index (χ3n) is 6.25. The minimum atomic E-state index is 0.911. The average molecular weight is 460 g/mol. The second kappa shape index (κ2) is 9.85. The monoisotopic (exact) mass is 459 g/mol. The number of aryl methyl sites for hydroxylation is 1. The zero-order valence-electron chi connectivity index (χ0n) is 20.3. The van der Waals surface area contributed by atoms with Crippen LogP contribution in [0.3, 0.4) is 0 Å². The molecule has 0 aliphatic carbocycles. The van der Waals surface area contributed by atoms with E-state index in [4.69, 9.17) is 0 Å². The summed E-state index contributed by atoms with van der Waals surface area (Å²) in [6.07, 6.45) is 3.84. The van der Waals surface area contributed by atoms with Crippen LogP contribution in [-0.4, -0.2) is 31.1 Å². The lowest BCUT2D eigenvalue weighted by Crippen LogP contribution is -2.08. The zero-order valence-corrected chi connectivity index (χ0v) is 20.3. The molecule has 0 aliphatic heterocycles. The first kappa shape index (κ1) is 22.4. The van der Waals surface area contributed by atoms with E-state index < -0.39 is 0 Å². The molecule has 0 N–H and O–H groups in total. The van der Waals surface area contributed by atoms with Crippen molar-refractivity contribution < 1.29 is 0 Å². The molecule has 0 spiro atoms. The van der Waals surface area contributed by atoms with Gasteiger partial charge in [-0.15, -0.1) is 0 Å². The summed E-state index contributed by atoms with van der Waals surface area (Å²) in [5.41, 5.74) is 6.70. The van der Waals surface area contributed by atoms with E-state index in [2.05, 4.69) is 58.1 Å². The third kappa shape index (κ3) is 4.66. The van der Waals surface area contributed by atoms with Crippen molar-refractivity contribution in [3.05, 3.63) is 108 Å². The Labute approximate surface area is 206 Å². The van der Waals surface area contributed by atoms with E-state index in [0.717, 1.165) is 29.0 Å². The Kier molecular flexibility index (Phi) is 6.31. The van der Waals surface area contributed by atoms with Crippen molar-refractivity contribution in [2.75, 3.05) is 24.1 Å². The van der Waals surface area contributed by atoms with Crippen LogP contribution in [0.4, 0.5) is 11.4 Å². The minimum absolute atomic E-state index is 0.911. The molecule has 1 aromatic heterocycles. The molecule has 35 heavy (non-hydrogen) atoms. The molecule has 1 heterocycles. The van der Waals surface area contributed by atoms with Crippen molar-refractivity contribution in [1.82, 2.24) is 4.57 Å². The highest BCUT2D eigenvalue weighted by molar-refractivity contribution is 6.10. The molecular weight excluding hydrogens is 430 g/mol. The van der Waals surface area contributed by atoms with Gasteiger partial charge in [0.05, 0.1) is 23.8 Å². The van der Waals surface area contributed by atoms with E-state index in [1.54, 1.807) is 0 Å². The maximum absolute atomic E-state index is 4.65. The molecule has 5 aromatic rings. The molecule has 5 heteroatoms. The Morgan fingerprint density at radius 2 is 1.06 bits per heavy atom. The maximum Gasteiger partial charge on any atom is 0.0590 e. The summed E-state index contributed by atoms with van der Waals surface area (Å²) in [5, 5.41) is 15.5. The molecule has 0 atom stereocenters. The average Bonchev–Trinajstić information content (AvgIpc) is 3.23. The molecule has 5 nitrogen and oxygen atoms in total. The fourth-order valence-corrected chi connectivity index (χ4v) is 4.37. The normalized spacial score (nSPS) is 11.7. The molecule has 5 rings (SSSR count). The number of anilines is 2. The summed E-state index contributed by atoms with van der Waals surface area (Å²) in [6.45, 7) is 3.10. The number of hydrogen-bond acceptors (Lipinski definition) is 4. The van der Waals surface area contributed by atoms with E-state index in [-0.39, 0.29) is 0 Å². The summed E-state index contributed by atoms with van der Waals surface area (Å²) < 4.78 is 2.36. The standard InChI is InChI=1S/C30H29N5/c1-4-35-29-17-15-23(21-31-33(2)25-11-7-5-8-12-25)19-27(29)28-20-24(16-18-30(28)35)22-32-34(3)26-13-9-6-10-14-26/h5-22H,4H2,1-3H3/b31-21+,32-22+. The van der Waals surface area contributed by atoms with Crippen molar-refractivity contribution in [1.29, 1.82) is 0 Å². The summed E-state index contributed by atoms with van der Waals surface area (Å²) in [7, 11) is 3.93. The fourth-order valence-electron chi connectivity index (χ4n) is 4.37. The number of aromatic nitrogens is 1. The lowest BCUT2D eigenvalue weighted by molar-refractivity contribution is 0.827. The van der Waals surface area contributed by atoms with E-state index in [9.17, 15) is 0 Å². The summed E-state index contributed by atoms with van der Waals surface area (Å²) in [5.74, 6) is 0. The van der Waals surface area contributed by atoms with Gasteiger partial charge >= 0.3 is 0 Å². The SMILES string of the molecule is CCn1c2ccc(/C=N/N(C)c3ccccc3)cc2c2cc(/C=N/N(C)c3ccccc3)ccc21. The van der Waals surface area contributed by atoms with Crippen LogP contribution in [0.15, 0.2) is 107 Å². The summed E-state index contributed by atoms with van der Waals surface area (Å²) >= 11 is 0. The van der Waals surface area contributed by atoms with Gasteiger partial charge < -0.3 is 4.57 Å². The smallest absolute Gasteiger partial charge is 0.0590 e. The van der Waals surface area contributed by atoms with Crippen molar-refractivity contribution >= 4 is 45.6 Å². The molecule has 0 bridgehead atoms. The van der Waals surface area contributed by atoms with Crippen LogP contribution in [0.5, 0.6) is 0 Å². The van der Waals surface area contributed by atoms with Crippen LogP contribution in [0.25, 0.3) is 21.8 Å². The van der Waals surface area contributed by atoms with Gasteiger partial charge in [0.1, 0.15) is 0 Å². The zero-order chi connectivity index (χ0) is 24.2. The van der Waals surface area contributed by atoms with Gasteiger partial charge in [0.15, 0.2) is 0 Å². The lowest BCUT2D eigenvalue weighted by atomic mass is 10.1. The van der Waals surface area contributed by atoms with Gasteiger partial charge in [0.25, 0.3) is 0 Å². The maximum atomic E-state index is 4.65. The largest absolute Gasteiger partial charge is 0.341 e. The highest BCUT2D eigenvalue weighted by atomic mass is 15.4. The second-order valence-corrected chi connectivity index (χ2v) is 8.50. The first-order chi connectivity index (χ1) is 17.1. The molecule has 0 saturated heterocycles. The number of rotatable bonds is 7. The Morgan fingerprint density at radius 3 is 1.46 bits per heavy atom. The molecule has 0 unspecified atom stereocenters. The molecule has 0 aliphatic rings. The number of hydrazone groups is 2. The van der Waals surface area contributed by atoms with Gasteiger partial charge in [-0.1, -0.05) is 48.5 Å². The number of hydrogen-bond donors (Lipinski definition) is 0. The first-order valence-corrected chi connectivity index (χ1v) is 11.9. The third-order valence-corrected chi connectivity index (χ3v) is 6.25. The van der Waals surface area contributed by atoms with Gasteiger partial charge in [-0.25, -0.2) is 0 Å². The van der Waals surface area contributed by atoms with Gasteiger partial charge in [-0.3, -0.25) is 10.0 Å². The second-order valence-electron chi connectivity index (χ2n) is 8.50. The highest BCUT2D eigenvalue weighted by Crippen LogP contribution is 2.30. The highest BCUT2D eigenvalue weighted by Gasteiger charge is 2.11. The van der Waals surface area contributed by atoms with Crippen LogP contribution < -0.4 is 10.0 Å².